The second-order valence-electron chi connectivity index (χ2n) is 4.46. The first-order valence-electron chi connectivity index (χ1n) is 5.74. The smallest absolute Gasteiger partial charge is 0.194 e. The number of halogens is 4. The molecule has 0 unspecified atom stereocenters. The van der Waals surface area contributed by atoms with Crippen molar-refractivity contribution in [3.05, 3.63) is 46.1 Å². The SMILES string of the molecule is Fc1cc(-c2cc(Br)nc(C3CC3)n2)cc(F)c1F. The van der Waals surface area contributed by atoms with Crippen LogP contribution in [0.4, 0.5) is 13.2 Å². The largest absolute Gasteiger partial charge is 0.233 e. The van der Waals surface area contributed by atoms with Gasteiger partial charge in [-0.3, -0.25) is 0 Å². The van der Waals surface area contributed by atoms with Gasteiger partial charge in [-0.25, -0.2) is 23.1 Å². The second-order valence-corrected chi connectivity index (χ2v) is 5.27. The molecule has 2 nitrogen and oxygen atoms in total. The third-order valence-electron chi connectivity index (χ3n) is 2.93. The Morgan fingerprint density at radius 1 is 1.00 bits per heavy atom. The van der Waals surface area contributed by atoms with E-state index in [-0.39, 0.29) is 5.56 Å². The normalized spacial score (nSPS) is 14.7. The molecule has 0 amide bonds. The number of hydrogen-bond acceptors (Lipinski definition) is 2. The fraction of sp³-hybridized carbons (Fsp3) is 0.231. The van der Waals surface area contributed by atoms with Gasteiger partial charge in [0.15, 0.2) is 17.5 Å². The molecular formula is C13H8BrF3N2. The van der Waals surface area contributed by atoms with Crippen LogP contribution in [0.25, 0.3) is 11.3 Å². The topological polar surface area (TPSA) is 25.8 Å². The predicted molar refractivity (Wildman–Crippen MR) is 67.0 cm³/mol. The number of hydrogen-bond donors (Lipinski definition) is 0. The summed E-state index contributed by atoms with van der Waals surface area (Å²) in [4.78, 5) is 8.51. The van der Waals surface area contributed by atoms with Crippen LogP contribution in [-0.2, 0) is 0 Å². The predicted octanol–water partition coefficient (Wildman–Crippen LogP) is 4.20. The van der Waals surface area contributed by atoms with Crippen LogP contribution >= 0.6 is 15.9 Å². The summed E-state index contributed by atoms with van der Waals surface area (Å²) in [6.45, 7) is 0. The molecule has 1 aromatic heterocycles. The van der Waals surface area contributed by atoms with E-state index in [2.05, 4.69) is 25.9 Å². The van der Waals surface area contributed by atoms with E-state index in [9.17, 15) is 13.2 Å². The molecular weight excluding hydrogens is 321 g/mol. The number of nitrogens with zero attached hydrogens (tertiary/aromatic N) is 2. The molecule has 0 aliphatic heterocycles. The summed E-state index contributed by atoms with van der Waals surface area (Å²) >= 11 is 3.25. The molecule has 0 radical (unpaired) electrons. The maximum absolute atomic E-state index is 13.2. The monoisotopic (exact) mass is 328 g/mol. The van der Waals surface area contributed by atoms with E-state index >= 15 is 0 Å². The van der Waals surface area contributed by atoms with Gasteiger partial charge in [0, 0.05) is 11.5 Å². The van der Waals surface area contributed by atoms with E-state index in [4.69, 9.17) is 0 Å². The Bertz CT molecular complexity index is 633. The third kappa shape index (κ3) is 2.49. The first-order chi connectivity index (χ1) is 9.04. The second kappa shape index (κ2) is 4.59. The van der Waals surface area contributed by atoms with Gasteiger partial charge in [-0.1, -0.05) is 0 Å². The van der Waals surface area contributed by atoms with Gasteiger partial charge in [-0.2, -0.15) is 0 Å². The highest BCUT2D eigenvalue weighted by Crippen LogP contribution is 2.39. The number of rotatable bonds is 2. The van der Waals surface area contributed by atoms with Crippen molar-refractivity contribution in [3.8, 4) is 11.3 Å². The molecule has 6 heteroatoms. The molecule has 1 aliphatic carbocycles. The molecule has 0 saturated heterocycles. The molecule has 1 aliphatic rings. The van der Waals surface area contributed by atoms with Crippen LogP contribution < -0.4 is 0 Å². The molecule has 0 N–H and O–H groups in total. The quantitative estimate of drug-likeness (QED) is 0.610. The highest BCUT2D eigenvalue weighted by atomic mass is 79.9. The standard InChI is InChI=1S/C13H8BrF3N2/c14-11-5-10(18-13(19-11)6-1-2-6)7-3-8(15)12(17)9(16)4-7/h3-6H,1-2H2. The lowest BCUT2D eigenvalue weighted by atomic mass is 10.1. The van der Waals surface area contributed by atoms with Gasteiger partial charge in [-0.15, -0.1) is 0 Å². The number of benzene rings is 1. The van der Waals surface area contributed by atoms with E-state index in [1.807, 2.05) is 0 Å². The Hall–Kier alpha value is -1.43. The summed E-state index contributed by atoms with van der Waals surface area (Å²) in [6, 6.07) is 3.42. The molecule has 1 saturated carbocycles. The van der Waals surface area contributed by atoms with Crippen molar-refractivity contribution in [1.29, 1.82) is 0 Å². The van der Waals surface area contributed by atoms with Crippen LogP contribution in [0.3, 0.4) is 0 Å². The van der Waals surface area contributed by atoms with E-state index in [1.165, 1.54) is 0 Å². The van der Waals surface area contributed by atoms with Gasteiger partial charge < -0.3 is 0 Å². The summed E-state index contributed by atoms with van der Waals surface area (Å²) in [5.74, 6) is -2.96. The Labute approximate surface area is 115 Å². The van der Waals surface area contributed by atoms with Crippen molar-refractivity contribution in [3.63, 3.8) is 0 Å². The van der Waals surface area contributed by atoms with Crippen molar-refractivity contribution in [1.82, 2.24) is 9.97 Å². The molecule has 0 atom stereocenters. The van der Waals surface area contributed by atoms with E-state index in [1.54, 1.807) is 6.07 Å². The van der Waals surface area contributed by atoms with Crippen LogP contribution in [0.15, 0.2) is 22.8 Å². The molecule has 0 bridgehead atoms. The highest BCUT2D eigenvalue weighted by Gasteiger charge is 2.27. The van der Waals surface area contributed by atoms with Crippen LogP contribution in [0, 0.1) is 17.5 Å². The molecule has 2 aromatic rings. The van der Waals surface area contributed by atoms with E-state index in [0.717, 1.165) is 25.0 Å². The minimum absolute atomic E-state index is 0.196. The van der Waals surface area contributed by atoms with Crippen molar-refractivity contribution in [2.24, 2.45) is 0 Å². The zero-order chi connectivity index (χ0) is 13.6. The third-order valence-corrected chi connectivity index (χ3v) is 3.34. The van der Waals surface area contributed by atoms with Crippen molar-refractivity contribution < 1.29 is 13.2 Å². The molecule has 19 heavy (non-hydrogen) atoms. The van der Waals surface area contributed by atoms with Crippen LogP contribution in [0.2, 0.25) is 0 Å². The van der Waals surface area contributed by atoms with Crippen LogP contribution in [0.5, 0.6) is 0 Å². The first kappa shape index (κ1) is 12.6. The van der Waals surface area contributed by atoms with Crippen LogP contribution in [-0.4, -0.2) is 9.97 Å². The molecule has 3 rings (SSSR count). The minimum Gasteiger partial charge on any atom is -0.233 e. The average Bonchev–Trinajstić information content (AvgIpc) is 3.18. The van der Waals surface area contributed by atoms with Crippen LogP contribution in [0.1, 0.15) is 24.6 Å². The lowest BCUT2D eigenvalue weighted by Crippen LogP contribution is -1.98. The van der Waals surface area contributed by atoms with Crippen molar-refractivity contribution in [2.45, 2.75) is 18.8 Å². The van der Waals surface area contributed by atoms with Gasteiger partial charge in [0.25, 0.3) is 0 Å². The summed E-state index contributed by atoms with van der Waals surface area (Å²) < 4.78 is 39.9. The average molecular weight is 329 g/mol. The Morgan fingerprint density at radius 3 is 2.21 bits per heavy atom. The zero-order valence-electron chi connectivity index (χ0n) is 9.63. The summed E-state index contributed by atoms with van der Waals surface area (Å²) in [6.07, 6.45) is 2.03. The van der Waals surface area contributed by atoms with Gasteiger partial charge in [0.1, 0.15) is 10.4 Å². The van der Waals surface area contributed by atoms with Gasteiger partial charge in [-0.05, 0) is 47.0 Å². The van der Waals surface area contributed by atoms with Crippen molar-refractivity contribution >= 4 is 15.9 Å². The first-order valence-corrected chi connectivity index (χ1v) is 6.53. The Kier molecular flexibility index (Phi) is 3.05. The molecule has 1 aromatic carbocycles. The lowest BCUT2D eigenvalue weighted by molar-refractivity contribution is 0.447. The van der Waals surface area contributed by atoms with Gasteiger partial charge in [0.2, 0.25) is 0 Å². The fourth-order valence-corrected chi connectivity index (χ4v) is 2.21. The van der Waals surface area contributed by atoms with Crippen molar-refractivity contribution in [2.75, 3.05) is 0 Å². The van der Waals surface area contributed by atoms with Gasteiger partial charge in [0.05, 0.1) is 5.69 Å². The molecule has 98 valence electrons. The lowest BCUT2D eigenvalue weighted by Gasteiger charge is -2.06. The van der Waals surface area contributed by atoms with E-state index < -0.39 is 17.5 Å². The molecule has 0 spiro atoms. The molecule has 1 fully saturated rings. The maximum atomic E-state index is 13.2. The number of aromatic nitrogens is 2. The summed E-state index contributed by atoms with van der Waals surface area (Å²) in [5, 5.41) is 0. The summed E-state index contributed by atoms with van der Waals surface area (Å²) in [5.41, 5.74) is 0.572. The Morgan fingerprint density at radius 2 is 1.63 bits per heavy atom. The Balaban J connectivity index is 2.11. The highest BCUT2D eigenvalue weighted by molar-refractivity contribution is 9.10. The minimum atomic E-state index is -1.47. The van der Waals surface area contributed by atoms with Gasteiger partial charge >= 0.3 is 0 Å². The molecule has 1 heterocycles. The maximum Gasteiger partial charge on any atom is 0.194 e. The van der Waals surface area contributed by atoms with E-state index in [0.29, 0.717) is 22.0 Å². The fourth-order valence-electron chi connectivity index (χ4n) is 1.81. The zero-order valence-corrected chi connectivity index (χ0v) is 11.2. The summed E-state index contributed by atoms with van der Waals surface area (Å²) in [7, 11) is 0.